The Labute approximate surface area is 143 Å². The minimum atomic E-state index is 0.222. The number of hydrogen-bond donors (Lipinski definition) is 1. The largest absolute Gasteiger partial charge is 0.339 e. The average Bonchev–Trinajstić information content (AvgIpc) is 3.22. The minimum Gasteiger partial charge on any atom is -0.339 e. The minimum absolute atomic E-state index is 0.222. The number of likely N-dealkylation sites (tertiary alicyclic amines) is 1. The second kappa shape index (κ2) is 8.18. The van der Waals surface area contributed by atoms with Crippen molar-refractivity contribution in [2.24, 2.45) is 5.92 Å². The summed E-state index contributed by atoms with van der Waals surface area (Å²) in [7, 11) is 0. The zero-order valence-corrected chi connectivity index (χ0v) is 14.9. The van der Waals surface area contributed by atoms with E-state index in [1.807, 2.05) is 4.90 Å². The number of aryl methyl sites for hydroxylation is 1. The van der Waals surface area contributed by atoms with E-state index < -0.39 is 0 Å². The van der Waals surface area contributed by atoms with Gasteiger partial charge in [-0.25, -0.2) is 4.98 Å². The molecule has 6 heteroatoms. The molecule has 1 saturated carbocycles. The van der Waals surface area contributed by atoms with Crippen molar-refractivity contribution in [3.8, 4) is 0 Å². The van der Waals surface area contributed by atoms with Gasteiger partial charge in [0.2, 0.25) is 11.1 Å². The first kappa shape index (κ1) is 16.8. The monoisotopic (exact) mass is 336 g/mol. The van der Waals surface area contributed by atoms with E-state index in [4.69, 9.17) is 0 Å². The number of rotatable bonds is 6. The van der Waals surface area contributed by atoms with Gasteiger partial charge in [-0.15, -0.1) is 5.10 Å². The first-order chi connectivity index (χ1) is 11.2. The van der Waals surface area contributed by atoms with E-state index in [1.165, 1.54) is 50.3 Å². The maximum Gasteiger partial charge on any atom is 0.233 e. The first-order valence-electron chi connectivity index (χ1n) is 9.06. The molecule has 1 N–H and O–H groups in total. The molecule has 0 bridgehead atoms. The van der Waals surface area contributed by atoms with Crippen molar-refractivity contribution >= 4 is 17.7 Å². The molecule has 1 unspecified atom stereocenters. The standard InChI is InChI=1S/C17H28N4OS/c1-13-6-4-5-11-21(13)16(22)12-23-17-18-15(19-20-17)10-9-14-7-2-3-8-14/h13-14H,2-12H2,1H3,(H,18,19,20). The topological polar surface area (TPSA) is 61.9 Å². The summed E-state index contributed by atoms with van der Waals surface area (Å²) >= 11 is 1.46. The zero-order valence-electron chi connectivity index (χ0n) is 14.1. The smallest absolute Gasteiger partial charge is 0.233 e. The molecule has 1 aromatic heterocycles. The molecule has 1 amide bonds. The lowest BCUT2D eigenvalue weighted by Crippen LogP contribution is -2.42. The van der Waals surface area contributed by atoms with Crippen molar-refractivity contribution in [3.05, 3.63) is 5.82 Å². The third-order valence-electron chi connectivity index (χ3n) is 5.22. The van der Waals surface area contributed by atoms with Gasteiger partial charge in [-0.1, -0.05) is 37.4 Å². The van der Waals surface area contributed by atoms with E-state index in [2.05, 4.69) is 22.1 Å². The number of aromatic amines is 1. The number of carbonyl (C=O) groups excluding carboxylic acids is 1. The Hall–Kier alpha value is -1.04. The first-order valence-corrected chi connectivity index (χ1v) is 10.0. The summed E-state index contributed by atoms with van der Waals surface area (Å²) in [5, 5.41) is 8.00. The van der Waals surface area contributed by atoms with E-state index >= 15 is 0 Å². The van der Waals surface area contributed by atoms with Gasteiger partial charge < -0.3 is 4.90 Å². The summed E-state index contributed by atoms with van der Waals surface area (Å²) < 4.78 is 0. The molecule has 1 aliphatic carbocycles. The van der Waals surface area contributed by atoms with Crippen LogP contribution in [0.4, 0.5) is 0 Å². The van der Waals surface area contributed by atoms with Crippen molar-refractivity contribution in [2.75, 3.05) is 12.3 Å². The number of hydrogen-bond acceptors (Lipinski definition) is 4. The van der Waals surface area contributed by atoms with Gasteiger partial charge >= 0.3 is 0 Å². The Balaban J connectivity index is 1.42. The van der Waals surface area contributed by atoms with Gasteiger partial charge in [0.25, 0.3) is 0 Å². The van der Waals surface area contributed by atoms with Crippen LogP contribution in [0.5, 0.6) is 0 Å². The van der Waals surface area contributed by atoms with Crippen LogP contribution in [0.3, 0.4) is 0 Å². The molecule has 5 nitrogen and oxygen atoms in total. The number of piperidine rings is 1. The molecule has 1 saturated heterocycles. The van der Waals surface area contributed by atoms with Crippen LogP contribution in [-0.4, -0.2) is 44.3 Å². The second-order valence-corrected chi connectivity index (χ2v) is 7.92. The summed E-state index contributed by atoms with van der Waals surface area (Å²) in [4.78, 5) is 18.9. The van der Waals surface area contributed by atoms with E-state index in [1.54, 1.807) is 0 Å². The Morgan fingerprint density at radius 2 is 2.04 bits per heavy atom. The van der Waals surface area contributed by atoms with Crippen LogP contribution < -0.4 is 0 Å². The summed E-state index contributed by atoms with van der Waals surface area (Å²) in [5.74, 6) is 2.51. The van der Waals surface area contributed by atoms with Gasteiger partial charge in [0.1, 0.15) is 5.82 Å². The molecule has 1 aromatic rings. The van der Waals surface area contributed by atoms with Crippen LogP contribution in [-0.2, 0) is 11.2 Å². The van der Waals surface area contributed by atoms with Crippen LogP contribution in [0.2, 0.25) is 0 Å². The Kier molecular flexibility index (Phi) is 5.97. The second-order valence-electron chi connectivity index (χ2n) is 6.97. The summed E-state index contributed by atoms with van der Waals surface area (Å²) in [6.45, 7) is 3.05. The normalized spacial score (nSPS) is 22.7. The van der Waals surface area contributed by atoms with Crippen LogP contribution in [0.25, 0.3) is 0 Å². The number of H-pyrrole nitrogens is 1. The number of nitrogens with zero attached hydrogens (tertiary/aromatic N) is 3. The molecular formula is C17H28N4OS. The van der Waals surface area contributed by atoms with E-state index in [0.717, 1.165) is 37.5 Å². The number of nitrogens with one attached hydrogen (secondary N) is 1. The summed E-state index contributed by atoms with van der Waals surface area (Å²) in [5.41, 5.74) is 0. The highest BCUT2D eigenvalue weighted by atomic mass is 32.2. The van der Waals surface area contributed by atoms with Crippen molar-refractivity contribution in [2.45, 2.75) is 75.9 Å². The predicted octanol–water partition coefficient (Wildman–Crippen LogP) is 3.42. The molecule has 2 aliphatic rings. The van der Waals surface area contributed by atoms with Crippen LogP contribution in [0.15, 0.2) is 5.16 Å². The van der Waals surface area contributed by atoms with Crippen molar-refractivity contribution in [3.63, 3.8) is 0 Å². The van der Waals surface area contributed by atoms with Crippen molar-refractivity contribution in [1.82, 2.24) is 20.1 Å². The van der Waals surface area contributed by atoms with Gasteiger partial charge in [0, 0.05) is 19.0 Å². The SMILES string of the molecule is CC1CCCCN1C(=O)CSc1n[nH]c(CCC2CCCC2)n1. The lowest BCUT2D eigenvalue weighted by Gasteiger charge is -2.33. The van der Waals surface area contributed by atoms with Gasteiger partial charge in [-0.05, 0) is 38.5 Å². The average molecular weight is 337 g/mol. The summed E-state index contributed by atoms with van der Waals surface area (Å²) in [6.07, 6.45) is 11.2. The molecule has 2 heterocycles. The molecule has 128 valence electrons. The quantitative estimate of drug-likeness (QED) is 0.809. The highest BCUT2D eigenvalue weighted by Crippen LogP contribution is 2.28. The molecule has 0 radical (unpaired) electrons. The Bertz CT molecular complexity index is 512. The van der Waals surface area contributed by atoms with E-state index in [-0.39, 0.29) is 5.91 Å². The van der Waals surface area contributed by atoms with Gasteiger partial charge in [-0.3, -0.25) is 9.89 Å². The number of amides is 1. The molecule has 1 aliphatic heterocycles. The Morgan fingerprint density at radius 3 is 2.83 bits per heavy atom. The van der Waals surface area contributed by atoms with Gasteiger partial charge in [0.05, 0.1) is 5.75 Å². The van der Waals surface area contributed by atoms with Crippen molar-refractivity contribution < 1.29 is 4.79 Å². The molecule has 0 aromatic carbocycles. The van der Waals surface area contributed by atoms with Gasteiger partial charge in [0.15, 0.2) is 0 Å². The fraction of sp³-hybridized carbons (Fsp3) is 0.824. The maximum atomic E-state index is 12.3. The van der Waals surface area contributed by atoms with Crippen LogP contribution in [0, 0.1) is 5.92 Å². The Morgan fingerprint density at radius 1 is 1.26 bits per heavy atom. The number of carbonyl (C=O) groups is 1. The molecule has 2 fully saturated rings. The van der Waals surface area contributed by atoms with Crippen molar-refractivity contribution in [1.29, 1.82) is 0 Å². The molecular weight excluding hydrogens is 308 g/mol. The van der Waals surface area contributed by atoms with Crippen LogP contribution in [0.1, 0.15) is 64.1 Å². The zero-order chi connectivity index (χ0) is 16.1. The van der Waals surface area contributed by atoms with E-state index in [9.17, 15) is 4.79 Å². The third-order valence-corrected chi connectivity index (χ3v) is 6.06. The lowest BCUT2D eigenvalue weighted by molar-refractivity contribution is -0.131. The fourth-order valence-electron chi connectivity index (χ4n) is 3.77. The molecule has 23 heavy (non-hydrogen) atoms. The number of thioether (sulfide) groups is 1. The maximum absolute atomic E-state index is 12.3. The highest BCUT2D eigenvalue weighted by Gasteiger charge is 2.23. The van der Waals surface area contributed by atoms with Crippen LogP contribution >= 0.6 is 11.8 Å². The highest BCUT2D eigenvalue weighted by molar-refractivity contribution is 7.99. The molecule has 3 rings (SSSR count). The lowest BCUT2D eigenvalue weighted by atomic mass is 10.0. The van der Waals surface area contributed by atoms with E-state index in [0.29, 0.717) is 17.0 Å². The number of aromatic nitrogens is 3. The predicted molar refractivity (Wildman–Crippen MR) is 92.4 cm³/mol. The van der Waals surface area contributed by atoms with Gasteiger partial charge in [-0.2, -0.15) is 0 Å². The molecule has 1 atom stereocenters. The fourth-order valence-corrected chi connectivity index (χ4v) is 4.48. The third kappa shape index (κ3) is 4.72. The summed E-state index contributed by atoms with van der Waals surface area (Å²) in [6, 6.07) is 0.381. The molecule has 0 spiro atoms.